The maximum Gasteiger partial charge on any atom is 0.254 e. The molecule has 0 bridgehead atoms. The summed E-state index contributed by atoms with van der Waals surface area (Å²) < 4.78 is 25.4. The van der Waals surface area contributed by atoms with Crippen LogP contribution in [0.15, 0.2) is 18.2 Å². The molecule has 6 nitrogen and oxygen atoms in total. The van der Waals surface area contributed by atoms with Gasteiger partial charge >= 0.3 is 0 Å². The number of aryl methyl sites for hydroxylation is 1. The molecular weight excluding hydrogens is 350 g/mol. The first-order valence-electron chi connectivity index (χ1n) is 7.92. The summed E-state index contributed by atoms with van der Waals surface area (Å²) in [7, 11) is -3.37. The van der Waals surface area contributed by atoms with E-state index in [1.807, 2.05) is 11.8 Å². The van der Waals surface area contributed by atoms with Crippen LogP contribution in [0.4, 0.5) is 5.69 Å². The molecule has 1 aliphatic heterocycles. The molecule has 1 atom stereocenters. The number of nitrogens with one attached hydrogen (secondary N) is 2. The molecule has 1 aromatic carbocycles. The van der Waals surface area contributed by atoms with Gasteiger partial charge in [-0.2, -0.15) is 0 Å². The van der Waals surface area contributed by atoms with Crippen molar-refractivity contribution in [2.24, 2.45) is 0 Å². The van der Waals surface area contributed by atoms with Crippen molar-refractivity contribution in [2.75, 3.05) is 30.6 Å². The molecule has 0 aromatic heterocycles. The molecule has 0 saturated carbocycles. The molecule has 1 fully saturated rings. The van der Waals surface area contributed by atoms with Crippen molar-refractivity contribution in [3.05, 3.63) is 29.3 Å². The summed E-state index contributed by atoms with van der Waals surface area (Å²) in [6, 6.07) is 5.37. The van der Waals surface area contributed by atoms with Gasteiger partial charge in [-0.05, 0) is 44.0 Å². The van der Waals surface area contributed by atoms with Gasteiger partial charge in [-0.3, -0.25) is 9.52 Å². The van der Waals surface area contributed by atoms with E-state index in [2.05, 4.69) is 17.0 Å². The van der Waals surface area contributed by atoms with Gasteiger partial charge in [0.15, 0.2) is 0 Å². The van der Waals surface area contributed by atoms with Gasteiger partial charge in [-0.15, -0.1) is 12.4 Å². The number of hydrogen-bond donors (Lipinski definition) is 2. The fourth-order valence-electron chi connectivity index (χ4n) is 2.83. The first-order chi connectivity index (χ1) is 10.8. The average molecular weight is 376 g/mol. The Morgan fingerprint density at radius 1 is 1.42 bits per heavy atom. The van der Waals surface area contributed by atoms with Gasteiger partial charge < -0.3 is 10.2 Å². The maximum absolute atomic E-state index is 12.9. The third-order valence-corrected chi connectivity index (χ3v) is 4.57. The monoisotopic (exact) mass is 375 g/mol. The number of carbonyl (C=O) groups excluding carboxylic acids is 1. The van der Waals surface area contributed by atoms with E-state index in [1.54, 1.807) is 18.2 Å². The van der Waals surface area contributed by atoms with Gasteiger partial charge in [0.2, 0.25) is 10.0 Å². The third-order valence-electron chi connectivity index (χ3n) is 3.98. The summed E-state index contributed by atoms with van der Waals surface area (Å²) >= 11 is 0. The molecule has 136 valence electrons. The highest BCUT2D eigenvalue weighted by molar-refractivity contribution is 7.92. The van der Waals surface area contributed by atoms with Crippen molar-refractivity contribution in [1.82, 2.24) is 10.2 Å². The summed E-state index contributed by atoms with van der Waals surface area (Å²) in [6.45, 7) is 6.30. The number of amides is 1. The minimum absolute atomic E-state index is 0. The Kier molecular flexibility index (Phi) is 7.51. The summed E-state index contributed by atoms with van der Waals surface area (Å²) in [5, 5.41) is 3.28. The summed E-state index contributed by atoms with van der Waals surface area (Å²) in [5.41, 5.74) is 1.76. The first-order valence-corrected chi connectivity index (χ1v) is 9.81. The lowest BCUT2D eigenvalue weighted by Crippen LogP contribution is -2.42. The van der Waals surface area contributed by atoms with Crippen LogP contribution in [0.2, 0.25) is 0 Å². The number of rotatable bonds is 6. The van der Waals surface area contributed by atoms with Crippen molar-refractivity contribution in [3.63, 3.8) is 0 Å². The smallest absolute Gasteiger partial charge is 0.254 e. The van der Waals surface area contributed by atoms with Crippen LogP contribution in [-0.2, 0) is 10.0 Å². The van der Waals surface area contributed by atoms with E-state index in [0.29, 0.717) is 17.8 Å². The SMILES string of the molecule is CCCN(C(=O)c1ccc(C)c(NS(C)(=O)=O)c1)C1CCNC1.Cl. The number of nitrogens with zero attached hydrogens (tertiary/aromatic N) is 1. The average Bonchev–Trinajstić information content (AvgIpc) is 2.99. The van der Waals surface area contributed by atoms with E-state index in [4.69, 9.17) is 0 Å². The molecule has 1 saturated heterocycles. The second kappa shape index (κ2) is 8.69. The van der Waals surface area contributed by atoms with Crippen molar-refractivity contribution >= 4 is 34.0 Å². The van der Waals surface area contributed by atoms with Gasteiger partial charge in [0, 0.05) is 24.7 Å². The summed E-state index contributed by atoms with van der Waals surface area (Å²) in [4.78, 5) is 14.8. The fourth-order valence-corrected chi connectivity index (χ4v) is 3.45. The molecule has 1 aliphatic rings. The van der Waals surface area contributed by atoms with E-state index in [9.17, 15) is 13.2 Å². The standard InChI is InChI=1S/C16H25N3O3S.ClH/c1-4-9-19(14-7-8-17-11-14)16(20)13-6-5-12(2)15(10-13)18-23(3,21)22;/h5-6,10,14,17-18H,4,7-9,11H2,1-3H3;1H. The lowest BCUT2D eigenvalue weighted by molar-refractivity contribution is 0.0692. The Bertz CT molecular complexity index is 673. The highest BCUT2D eigenvalue weighted by Gasteiger charge is 2.27. The Hall–Kier alpha value is -1.31. The normalized spacial score (nSPS) is 17.2. The number of sulfonamides is 1. The van der Waals surface area contributed by atoms with Crippen LogP contribution in [0, 0.1) is 6.92 Å². The van der Waals surface area contributed by atoms with E-state index in [1.165, 1.54) is 0 Å². The molecule has 0 aliphatic carbocycles. The Labute approximate surface area is 150 Å². The molecule has 24 heavy (non-hydrogen) atoms. The van der Waals surface area contributed by atoms with Crippen LogP contribution < -0.4 is 10.0 Å². The van der Waals surface area contributed by atoms with Crippen LogP contribution >= 0.6 is 12.4 Å². The van der Waals surface area contributed by atoms with Gasteiger partial charge in [0.1, 0.15) is 0 Å². The van der Waals surface area contributed by atoms with Crippen molar-refractivity contribution in [1.29, 1.82) is 0 Å². The van der Waals surface area contributed by atoms with Crippen molar-refractivity contribution < 1.29 is 13.2 Å². The van der Waals surface area contributed by atoms with Crippen LogP contribution in [0.1, 0.15) is 35.7 Å². The molecular formula is C16H26ClN3O3S. The largest absolute Gasteiger partial charge is 0.334 e. The molecule has 1 unspecified atom stereocenters. The summed E-state index contributed by atoms with van der Waals surface area (Å²) in [5.74, 6) is -0.0444. The molecule has 8 heteroatoms. The maximum atomic E-state index is 12.9. The van der Waals surface area contributed by atoms with Crippen LogP contribution in [-0.4, -0.2) is 51.2 Å². The molecule has 2 rings (SSSR count). The zero-order chi connectivity index (χ0) is 17.0. The molecule has 1 aromatic rings. The lowest BCUT2D eigenvalue weighted by atomic mass is 10.1. The number of hydrogen-bond acceptors (Lipinski definition) is 4. The van der Waals surface area contributed by atoms with Crippen molar-refractivity contribution in [2.45, 2.75) is 32.7 Å². The predicted molar refractivity (Wildman–Crippen MR) is 99.5 cm³/mol. The van der Waals surface area contributed by atoms with E-state index in [0.717, 1.165) is 37.8 Å². The Morgan fingerprint density at radius 3 is 2.67 bits per heavy atom. The molecule has 0 radical (unpaired) electrons. The second-order valence-electron chi connectivity index (χ2n) is 6.05. The minimum Gasteiger partial charge on any atom is -0.334 e. The summed E-state index contributed by atoms with van der Waals surface area (Å²) in [6.07, 6.45) is 2.95. The Morgan fingerprint density at radius 2 is 2.12 bits per heavy atom. The first kappa shape index (κ1) is 20.7. The third kappa shape index (κ3) is 5.36. The zero-order valence-electron chi connectivity index (χ0n) is 14.3. The molecule has 1 amide bonds. The number of carbonyl (C=O) groups is 1. The second-order valence-corrected chi connectivity index (χ2v) is 7.80. The topological polar surface area (TPSA) is 78.5 Å². The quantitative estimate of drug-likeness (QED) is 0.797. The van der Waals surface area contributed by atoms with Gasteiger partial charge in [0.05, 0.1) is 11.9 Å². The molecule has 0 spiro atoms. The number of halogens is 1. The highest BCUT2D eigenvalue weighted by atomic mass is 35.5. The number of anilines is 1. The van der Waals surface area contributed by atoms with Crippen molar-refractivity contribution in [3.8, 4) is 0 Å². The minimum atomic E-state index is -3.37. The molecule has 1 heterocycles. The van der Waals surface area contributed by atoms with E-state index in [-0.39, 0.29) is 24.4 Å². The number of benzene rings is 1. The van der Waals surface area contributed by atoms with E-state index < -0.39 is 10.0 Å². The fraction of sp³-hybridized carbons (Fsp3) is 0.562. The van der Waals surface area contributed by atoms with Gasteiger partial charge in [0.25, 0.3) is 5.91 Å². The van der Waals surface area contributed by atoms with Gasteiger partial charge in [-0.1, -0.05) is 13.0 Å². The van der Waals surface area contributed by atoms with Crippen LogP contribution in [0.25, 0.3) is 0 Å². The zero-order valence-corrected chi connectivity index (χ0v) is 16.0. The van der Waals surface area contributed by atoms with Crippen LogP contribution in [0.5, 0.6) is 0 Å². The molecule has 2 N–H and O–H groups in total. The van der Waals surface area contributed by atoms with E-state index >= 15 is 0 Å². The van der Waals surface area contributed by atoms with Gasteiger partial charge in [-0.25, -0.2) is 8.42 Å². The predicted octanol–water partition coefficient (Wildman–Crippen LogP) is 2.00. The highest BCUT2D eigenvalue weighted by Crippen LogP contribution is 2.21. The van der Waals surface area contributed by atoms with Crippen LogP contribution in [0.3, 0.4) is 0 Å². The Balaban J connectivity index is 0.00000288. The lowest BCUT2D eigenvalue weighted by Gasteiger charge is -2.28.